The molecule has 330 valence electrons. The van der Waals surface area contributed by atoms with Crippen LogP contribution in [0, 0.1) is 11.8 Å². The monoisotopic (exact) mass is 829 g/mol. The van der Waals surface area contributed by atoms with Crippen molar-refractivity contribution in [2.24, 2.45) is 11.8 Å². The molecule has 15 unspecified atom stereocenters. The summed E-state index contributed by atoms with van der Waals surface area (Å²) < 4.78 is 65.7. The lowest BCUT2D eigenvalue weighted by molar-refractivity contribution is -0.292. The molecule has 14 heteroatoms. The Morgan fingerprint density at radius 3 is 2.36 bits per heavy atom. The van der Waals surface area contributed by atoms with Crippen molar-refractivity contribution < 1.29 is 62.1 Å². The predicted molar refractivity (Wildman–Crippen MR) is 211 cm³/mol. The fourth-order valence-electron chi connectivity index (χ4n) is 11.8. The molecule has 10 rings (SSSR count). The van der Waals surface area contributed by atoms with Gasteiger partial charge in [-0.05, 0) is 82.8 Å². The van der Waals surface area contributed by atoms with Crippen LogP contribution in [0.4, 0.5) is 4.79 Å². The average Bonchev–Trinajstić information content (AvgIpc) is 3.85. The van der Waals surface area contributed by atoms with Crippen LogP contribution in [0.2, 0.25) is 0 Å². The largest absolute Gasteiger partial charge is 0.444 e. The number of fused-ring (bicyclic) bond motifs is 6. The number of rotatable bonds is 5. The average molecular weight is 830 g/mol. The van der Waals surface area contributed by atoms with Gasteiger partial charge in [0.2, 0.25) is 0 Å². The third-order valence-electron chi connectivity index (χ3n) is 14.6. The van der Waals surface area contributed by atoms with Gasteiger partial charge in [-0.15, -0.1) is 0 Å². The summed E-state index contributed by atoms with van der Waals surface area (Å²) >= 11 is 0. The number of Topliss-reactive ketones (excluding diaryl/α,β-unsaturated/α-hetero) is 1. The zero-order chi connectivity index (χ0) is 41.4. The SMILES string of the molecule is C=C1CC2CCC34CC5OC6C(O3)[C@H]3OC(CCC3O[C@H]6C5O4)CC(=O)CC3C(CC4OC(CCC1O2)CC(C)C4=C)O[C@H](CC(O)CNC(=O)OC(C)(C)C)[C@@H]3OC. The van der Waals surface area contributed by atoms with E-state index >= 15 is 0 Å². The highest BCUT2D eigenvalue weighted by Gasteiger charge is 2.68. The normalized spacial score (nSPS) is 47.7. The van der Waals surface area contributed by atoms with Gasteiger partial charge in [0.1, 0.15) is 41.9 Å². The number of ether oxygens (including phenoxy) is 10. The maximum Gasteiger partial charge on any atom is 0.407 e. The Morgan fingerprint density at radius 1 is 0.831 bits per heavy atom. The van der Waals surface area contributed by atoms with Crippen LogP contribution in [0.5, 0.6) is 0 Å². The van der Waals surface area contributed by atoms with Gasteiger partial charge >= 0.3 is 6.09 Å². The number of hydrogen-bond acceptors (Lipinski definition) is 13. The summed E-state index contributed by atoms with van der Waals surface area (Å²) in [6.45, 7) is 16.5. The third kappa shape index (κ3) is 8.71. The Bertz CT molecular complexity index is 1600. The minimum atomic E-state index is -0.935. The standard InChI is InChI=1S/C45H67NO13/c1-22-14-27-8-10-31-23(2)15-29(51-31)12-13-45-20-36-39(57-45)40-41(56-36)42(58-45)38-32(55-40)11-9-28(53-38)16-25(47)17-30-34(19-33(52-27)24(22)3)54-35(37(30)50-7)18-26(48)21-46-43(49)59-44(4,5)6/h22,26-42,48H,2-3,8-21H2,1,4-7H3,(H,46,49)/t22?,26?,27?,28?,29?,30?,31?,32?,33?,34?,35-,36?,37-,38+,39?,40+,41?,42?,45?/m1/s1. The summed E-state index contributed by atoms with van der Waals surface area (Å²) in [6, 6.07) is 0. The molecule has 2 N–H and O–H groups in total. The third-order valence-corrected chi connectivity index (χ3v) is 14.6. The van der Waals surface area contributed by atoms with E-state index in [0.29, 0.717) is 25.7 Å². The fourth-order valence-corrected chi connectivity index (χ4v) is 11.8. The molecule has 10 saturated heterocycles. The highest BCUT2D eigenvalue weighted by Crippen LogP contribution is 2.54. The van der Waals surface area contributed by atoms with E-state index in [2.05, 4.69) is 25.4 Å². The van der Waals surface area contributed by atoms with Gasteiger partial charge in [-0.25, -0.2) is 4.79 Å². The second-order valence-electron chi connectivity index (χ2n) is 20.1. The molecule has 59 heavy (non-hydrogen) atoms. The van der Waals surface area contributed by atoms with Gasteiger partial charge in [0.05, 0.1) is 67.1 Å². The van der Waals surface area contributed by atoms with Crippen LogP contribution in [-0.4, -0.2) is 140 Å². The zero-order valence-corrected chi connectivity index (χ0v) is 35.6. The zero-order valence-electron chi connectivity index (χ0n) is 35.6. The van der Waals surface area contributed by atoms with Crippen molar-refractivity contribution in [3.63, 3.8) is 0 Å². The van der Waals surface area contributed by atoms with Gasteiger partial charge in [0.15, 0.2) is 5.79 Å². The molecule has 0 aromatic heterocycles. The molecule has 1 amide bonds. The highest BCUT2D eigenvalue weighted by molar-refractivity contribution is 5.79. The number of alkyl carbamates (subject to hydrolysis) is 1. The van der Waals surface area contributed by atoms with Crippen LogP contribution < -0.4 is 5.32 Å². The second-order valence-corrected chi connectivity index (χ2v) is 20.1. The van der Waals surface area contributed by atoms with E-state index in [1.165, 1.54) is 0 Å². The number of aliphatic hydroxyl groups is 1. The molecule has 12 bridgehead atoms. The molecule has 1 spiro atoms. The van der Waals surface area contributed by atoms with Crippen molar-refractivity contribution in [2.45, 2.75) is 220 Å². The first-order valence-corrected chi connectivity index (χ1v) is 22.5. The minimum absolute atomic E-state index is 0.000416. The number of amides is 1. The molecule has 10 fully saturated rings. The second kappa shape index (κ2) is 16.6. The molecular weight excluding hydrogens is 762 g/mol. The van der Waals surface area contributed by atoms with Crippen LogP contribution in [0.15, 0.2) is 24.3 Å². The Kier molecular flexibility index (Phi) is 11.9. The van der Waals surface area contributed by atoms with E-state index < -0.39 is 41.9 Å². The molecule has 0 aromatic carbocycles. The van der Waals surface area contributed by atoms with E-state index in [-0.39, 0.29) is 117 Å². The highest BCUT2D eigenvalue weighted by atomic mass is 16.8. The summed E-state index contributed by atoms with van der Waals surface area (Å²) in [7, 11) is 1.63. The number of nitrogens with one attached hydrogen (secondary N) is 1. The number of ketones is 1. The van der Waals surface area contributed by atoms with E-state index in [9.17, 15) is 14.7 Å². The molecule has 0 saturated carbocycles. The molecule has 10 aliphatic heterocycles. The van der Waals surface area contributed by atoms with E-state index in [4.69, 9.17) is 47.4 Å². The quantitative estimate of drug-likeness (QED) is 0.357. The Balaban J connectivity index is 0.955. The van der Waals surface area contributed by atoms with Crippen molar-refractivity contribution in [3.8, 4) is 0 Å². The van der Waals surface area contributed by atoms with Gasteiger partial charge in [0.25, 0.3) is 0 Å². The topological polar surface area (TPSA) is 159 Å². The number of aliphatic hydroxyl groups excluding tert-OH is 1. The lowest BCUT2D eigenvalue weighted by atomic mass is 9.81. The van der Waals surface area contributed by atoms with Crippen LogP contribution in [0.25, 0.3) is 0 Å². The maximum atomic E-state index is 14.2. The lowest BCUT2D eigenvalue weighted by Gasteiger charge is -2.47. The molecular formula is C45H67NO13. The molecule has 10 aliphatic rings. The van der Waals surface area contributed by atoms with Crippen molar-refractivity contribution in [1.82, 2.24) is 5.32 Å². The van der Waals surface area contributed by atoms with Crippen LogP contribution in [0.1, 0.15) is 111 Å². The minimum Gasteiger partial charge on any atom is -0.444 e. The molecule has 19 atom stereocenters. The summed E-state index contributed by atoms with van der Waals surface area (Å²) in [5.41, 5.74) is 1.48. The van der Waals surface area contributed by atoms with Gasteiger partial charge < -0.3 is 57.8 Å². The number of methoxy groups -OCH3 is 1. The number of carbonyl (C=O) groups excluding carboxylic acids is 2. The summed E-state index contributed by atoms with van der Waals surface area (Å²) in [5, 5.41) is 13.8. The van der Waals surface area contributed by atoms with Gasteiger partial charge in [-0.3, -0.25) is 4.79 Å². The summed E-state index contributed by atoms with van der Waals surface area (Å²) in [6.07, 6.45) is 2.78. The lowest BCUT2D eigenvalue weighted by Crippen LogP contribution is -2.61. The van der Waals surface area contributed by atoms with Crippen LogP contribution in [-0.2, 0) is 52.2 Å². The van der Waals surface area contributed by atoms with Crippen molar-refractivity contribution >= 4 is 11.9 Å². The Labute approximate surface area is 348 Å². The molecule has 10 heterocycles. The smallest absolute Gasteiger partial charge is 0.407 e. The first-order valence-electron chi connectivity index (χ1n) is 22.5. The predicted octanol–water partition coefficient (Wildman–Crippen LogP) is 5.00. The Morgan fingerprint density at radius 2 is 1.56 bits per heavy atom. The summed E-state index contributed by atoms with van der Waals surface area (Å²) in [5.74, 6) is -0.821. The van der Waals surface area contributed by atoms with Gasteiger partial charge in [0, 0.05) is 58.1 Å². The van der Waals surface area contributed by atoms with E-state index in [0.717, 1.165) is 49.7 Å². The first kappa shape index (κ1) is 42.3. The molecule has 0 radical (unpaired) electrons. The first-order chi connectivity index (χ1) is 28.1. The maximum absolute atomic E-state index is 14.2. The van der Waals surface area contributed by atoms with Crippen molar-refractivity contribution in [1.29, 1.82) is 0 Å². The van der Waals surface area contributed by atoms with E-state index in [1.54, 1.807) is 27.9 Å². The number of carbonyl (C=O) groups is 2. The summed E-state index contributed by atoms with van der Waals surface area (Å²) in [4.78, 5) is 26.6. The molecule has 14 nitrogen and oxygen atoms in total. The van der Waals surface area contributed by atoms with Crippen molar-refractivity contribution in [3.05, 3.63) is 24.3 Å². The number of hydrogen-bond donors (Lipinski definition) is 2. The van der Waals surface area contributed by atoms with E-state index in [1.807, 2.05) is 0 Å². The van der Waals surface area contributed by atoms with Gasteiger partial charge in [-0.2, -0.15) is 0 Å². The van der Waals surface area contributed by atoms with Crippen LogP contribution >= 0.6 is 0 Å². The molecule has 0 aliphatic carbocycles. The van der Waals surface area contributed by atoms with Crippen molar-refractivity contribution in [2.75, 3.05) is 13.7 Å². The van der Waals surface area contributed by atoms with Gasteiger partial charge in [-0.1, -0.05) is 20.1 Å². The Hall–Kier alpha value is -1.98. The molecule has 0 aromatic rings. The fraction of sp³-hybridized carbons (Fsp3) is 0.867. The van der Waals surface area contributed by atoms with Crippen LogP contribution in [0.3, 0.4) is 0 Å².